The number of nitrogens with two attached hydrogens (primary N) is 1. The van der Waals surface area contributed by atoms with Crippen LogP contribution in [0.4, 0.5) is 0 Å². The molecule has 1 aliphatic carbocycles. The number of hydrogen-bond donors (Lipinski definition) is 2. The Morgan fingerprint density at radius 2 is 2.05 bits per heavy atom. The van der Waals surface area contributed by atoms with Gasteiger partial charge in [-0.3, -0.25) is 4.79 Å². The van der Waals surface area contributed by atoms with Gasteiger partial charge in [0.1, 0.15) is 12.4 Å². The number of rotatable bonds is 3. The van der Waals surface area contributed by atoms with E-state index in [-0.39, 0.29) is 29.8 Å². The van der Waals surface area contributed by atoms with Gasteiger partial charge in [0.2, 0.25) is 5.91 Å². The van der Waals surface area contributed by atoms with Crippen molar-refractivity contribution in [2.45, 2.75) is 37.6 Å². The summed E-state index contributed by atoms with van der Waals surface area (Å²) >= 11 is 0. The van der Waals surface area contributed by atoms with Crippen molar-refractivity contribution in [1.82, 2.24) is 5.32 Å². The summed E-state index contributed by atoms with van der Waals surface area (Å²) in [6, 6.07) is 7.94. The summed E-state index contributed by atoms with van der Waals surface area (Å²) in [4.78, 5) is 12.5. The van der Waals surface area contributed by atoms with Gasteiger partial charge >= 0.3 is 0 Å². The topological polar surface area (TPSA) is 64.3 Å². The summed E-state index contributed by atoms with van der Waals surface area (Å²) in [5.41, 5.74) is 6.82. The second-order valence-electron chi connectivity index (χ2n) is 6.00. The van der Waals surface area contributed by atoms with Crippen molar-refractivity contribution in [3.05, 3.63) is 29.8 Å². The molecule has 0 saturated heterocycles. The Hall–Kier alpha value is -1.26. The van der Waals surface area contributed by atoms with E-state index in [9.17, 15) is 4.79 Å². The Kier molecular flexibility index (Phi) is 5.12. The second-order valence-corrected chi connectivity index (χ2v) is 6.00. The zero-order valence-corrected chi connectivity index (χ0v) is 13.0. The number of hydrogen-bond acceptors (Lipinski definition) is 3. The highest BCUT2D eigenvalue weighted by Crippen LogP contribution is 2.31. The molecule has 1 saturated carbocycles. The fourth-order valence-corrected chi connectivity index (χ4v) is 3.29. The molecule has 3 rings (SSSR count). The highest BCUT2D eigenvalue weighted by atomic mass is 35.5. The number of carbonyl (C=O) groups is 1. The number of benzene rings is 1. The van der Waals surface area contributed by atoms with Crippen LogP contribution in [0.3, 0.4) is 0 Å². The Morgan fingerprint density at radius 1 is 1.33 bits per heavy atom. The quantitative estimate of drug-likeness (QED) is 0.898. The van der Waals surface area contributed by atoms with Gasteiger partial charge in [-0.2, -0.15) is 0 Å². The molecule has 1 amide bonds. The molecule has 1 atom stereocenters. The maximum atomic E-state index is 12.5. The molecule has 0 radical (unpaired) electrons. The molecule has 1 aromatic carbocycles. The number of halogens is 1. The van der Waals surface area contributed by atoms with E-state index in [0.717, 1.165) is 43.4 Å². The lowest BCUT2D eigenvalue weighted by Crippen LogP contribution is -2.54. The minimum absolute atomic E-state index is 0. The molecule has 1 fully saturated rings. The van der Waals surface area contributed by atoms with Crippen molar-refractivity contribution >= 4 is 18.3 Å². The predicted molar refractivity (Wildman–Crippen MR) is 84.8 cm³/mol. The summed E-state index contributed by atoms with van der Waals surface area (Å²) in [7, 11) is 0. The molecule has 2 aliphatic rings. The van der Waals surface area contributed by atoms with Crippen molar-refractivity contribution in [3.8, 4) is 5.75 Å². The van der Waals surface area contributed by atoms with Gasteiger partial charge < -0.3 is 15.8 Å². The maximum absolute atomic E-state index is 12.5. The SMILES string of the molecule is Cl.NCC1(NC(=O)C2COc3ccccc3C2)CCCC1. The highest BCUT2D eigenvalue weighted by molar-refractivity contribution is 5.85. The Bertz CT molecular complexity index is 501. The molecule has 21 heavy (non-hydrogen) atoms. The molecule has 0 bridgehead atoms. The average molecular weight is 311 g/mol. The first-order valence-electron chi connectivity index (χ1n) is 7.45. The summed E-state index contributed by atoms with van der Waals surface area (Å²) in [5.74, 6) is 0.895. The number of carbonyl (C=O) groups excluding carboxylic acids is 1. The number of nitrogens with one attached hydrogen (secondary N) is 1. The first kappa shape index (κ1) is 16.1. The normalized spacial score (nSPS) is 22.6. The van der Waals surface area contributed by atoms with Crippen LogP contribution in [0.5, 0.6) is 5.75 Å². The van der Waals surface area contributed by atoms with E-state index in [4.69, 9.17) is 10.5 Å². The minimum atomic E-state index is -0.173. The van der Waals surface area contributed by atoms with E-state index >= 15 is 0 Å². The molecule has 5 heteroatoms. The largest absolute Gasteiger partial charge is 0.492 e. The van der Waals surface area contributed by atoms with Crippen LogP contribution in [0.25, 0.3) is 0 Å². The van der Waals surface area contributed by atoms with Crippen LogP contribution in [0.2, 0.25) is 0 Å². The predicted octanol–water partition coefficient (Wildman–Crippen LogP) is 2.05. The monoisotopic (exact) mass is 310 g/mol. The molecular weight excluding hydrogens is 288 g/mol. The van der Waals surface area contributed by atoms with E-state index < -0.39 is 0 Å². The van der Waals surface area contributed by atoms with E-state index in [0.29, 0.717) is 13.2 Å². The van der Waals surface area contributed by atoms with Crippen molar-refractivity contribution in [1.29, 1.82) is 0 Å². The van der Waals surface area contributed by atoms with E-state index in [1.807, 2.05) is 24.3 Å². The van der Waals surface area contributed by atoms with Gasteiger partial charge in [-0.15, -0.1) is 12.4 Å². The highest BCUT2D eigenvalue weighted by Gasteiger charge is 2.36. The first-order chi connectivity index (χ1) is 9.72. The van der Waals surface area contributed by atoms with Gasteiger partial charge in [-0.05, 0) is 30.9 Å². The van der Waals surface area contributed by atoms with Gasteiger partial charge in [-0.1, -0.05) is 31.0 Å². The molecule has 4 nitrogen and oxygen atoms in total. The third-order valence-corrected chi connectivity index (χ3v) is 4.59. The second kappa shape index (κ2) is 6.67. The third-order valence-electron chi connectivity index (χ3n) is 4.59. The Morgan fingerprint density at radius 3 is 2.76 bits per heavy atom. The third kappa shape index (κ3) is 3.33. The minimum Gasteiger partial charge on any atom is -0.492 e. The van der Waals surface area contributed by atoms with Crippen LogP contribution in [0.1, 0.15) is 31.2 Å². The van der Waals surface area contributed by atoms with Crippen molar-refractivity contribution in [2.24, 2.45) is 11.7 Å². The fraction of sp³-hybridized carbons (Fsp3) is 0.562. The summed E-state index contributed by atoms with van der Waals surface area (Å²) < 4.78 is 5.70. The van der Waals surface area contributed by atoms with Crippen molar-refractivity contribution in [3.63, 3.8) is 0 Å². The van der Waals surface area contributed by atoms with Gasteiger partial charge in [0.05, 0.1) is 11.5 Å². The van der Waals surface area contributed by atoms with Gasteiger partial charge in [0.25, 0.3) is 0 Å². The van der Waals surface area contributed by atoms with Crippen LogP contribution in [-0.2, 0) is 11.2 Å². The summed E-state index contributed by atoms with van der Waals surface area (Å²) in [6.07, 6.45) is 5.06. The maximum Gasteiger partial charge on any atom is 0.227 e. The Balaban J connectivity index is 0.00000161. The molecule has 1 aromatic rings. The van der Waals surface area contributed by atoms with Crippen molar-refractivity contribution < 1.29 is 9.53 Å². The fourth-order valence-electron chi connectivity index (χ4n) is 3.29. The van der Waals surface area contributed by atoms with Crippen LogP contribution < -0.4 is 15.8 Å². The van der Waals surface area contributed by atoms with Crippen molar-refractivity contribution in [2.75, 3.05) is 13.2 Å². The lowest BCUT2D eigenvalue weighted by molar-refractivity contribution is -0.128. The van der Waals surface area contributed by atoms with Gasteiger partial charge in [0.15, 0.2) is 0 Å². The standard InChI is InChI=1S/C16H22N2O2.ClH/c17-11-16(7-3-4-8-16)18-15(19)13-9-12-5-1-2-6-14(12)20-10-13;/h1-2,5-6,13H,3-4,7-11,17H2,(H,18,19);1H. The molecule has 1 aliphatic heterocycles. The smallest absolute Gasteiger partial charge is 0.227 e. The van der Waals surface area contributed by atoms with Crippen LogP contribution in [-0.4, -0.2) is 24.6 Å². The average Bonchev–Trinajstić information content (AvgIpc) is 2.96. The van der Waals surface area contributed by atoms with Crippen LogP contribution >= 0.6 is 12.4 Å². The van der Waals surface area contributed by atoms with E-state index in [2.05, 4.69) is 5.32 Å². The number of ether oxygens (including phenoxy) is 1. The molecule has 0 aromatic heterocycles. The first-order valence-corrected chi connectivity index (χ1v) is 7.45. The number of amides is 1. The molecule has 3 N–H and O–H groups in total. The van der Waals surface area contributed by atoms with Gasteiger partial charge in [0, 0.05) is 6.54 Å². The lowest BCUT2D eigenvalue weighted by Gasteiger charge is -2.32. The Labute approximate surface area is 131 Å². The summed E-state index contributed by atoms with van der Waals surface area (Å²) in [5, 5.41) is 3.20. The van der Waals surface area contributed by atoms with Crippen LogP contribution in [0, 0.1) is 5.92 Å². The molecule has 1 unspecified atom stereocenters. The summed E-state index contributed by atoms with van der Waals surface area (Å²) in [6.45, 7) is 0.992. The van der Waals surface area contributed by atoms with Crippen LogP contribution in [0.15, 0.2) is 24.3 Å². The zero-order chi connectivity index (χ0) is 14.0. The van der Waals surface area contributed by atoms with E-state index in [1.165, 1.54) is 0 Å². The molecule has 1 heterocycles. The zero-order valence-electron chi connectivity index (χ0n) is 12.1. The number of fused-ring (bicyclic) bond motifs is 1. The van der Waals surface area contributed by atoms with Gasteiger partial charge in [-0.25, -0.2) is 0 Å². The van der Waals surface area contributed by atoms with E-state index in [1.54, 1.807) is 0 Å². The lowest BCUT2D eigenvalue weighted by atomic mass is 9.92. The molecular formula is C16H23ClN2O2. The molecule has 116 valence electrons. The number of para-hydroxylation sites is 1. The molecule has 0 spiro atoms.